The number of pyridine rings is 1. The van der Waals surface area contributed by atoms with E-state index in [-0.39, 0.29) is 17.7 Å². The van der Waals surface area contributed by atoms with Crippen LogP contribution in [0, 0.1) is 11.8 Å². The molecule has 6 nitrogen and oxygen atoms in total. The van der Waals surface area contributed by atoms with Crippen LogP contribution < -0.4 is 10.2 Å². The fraction of sp³-hybridized carbons (Fsp3) is 0.462. The molecule has 2 heterocycles. The maximum atomic E-state index is 11.5. The Hall–Kier alpha value is -2.11. The van der Waals surface area contributed by atoms with Crippen LogP contribution in [0.2, 0.25) is 0 Å². The van der Waals surface area contributed by atoms with Gasteiger partial charge in [0.05, 0.1) is 5.92 Å². The minimum atomic E-state index is -0.768. The standard InChI is InChI=1S/C13H17N3O3/c1-8-6-16(7-10(8)13(18)19)9-3-4-15-11(5-9)12(17)14-2/h3-5,8,10H,6-7H2,1-2H3,(H,14,17)(H,18,19). The summed E-state index contributed by atoms with van der Waals surface area (Å²) in [4.78, 5) is 28.6. The number of carboxylic acids is 1. The summed E-state index contributed by atoms with van der Waals surface area (Å²) in [6, 6.07) is 3.49. The Morgan fingerprint density at radius 2 is 2.21 bits per heavy atom. The van der Waals surface area contributed by atoms with E-state index in [0.717, 1.165) is 5.69 Å². The number of carbonyl (C=O) groups is 2. The molecule has 6 heteroatoms. The third-order valence-electron chi connectivity index (χ3n) is 3.50. The van der Waals surface area contributed by atoms with Gasteiger partial charge in [-0.1, -0.05) is 6.92 Å². The van der Waals surface area contributed by atoms with E-state index in [4.69, 9.17) is 5.11 Å². The lowest BCUT2D eigenvalue weighted by Crippen LogP contribution is -2.24. The van der Waals surface area contributed by atoms with Gasteiger partial charge in [0.1, 0.15) is 5.69 Å². The van der Waals surface area contributed by atoms with E-state index < -0.39 is 5.97 Å². The van der Waals surface area contributed by atoms with Gasteiger partial charge >= 0.3 is 5.97 Å². The van der Waals surface area contributed by atoms with E-state index in [9.17, 15) is 9.59 Å². The van der Waals surface area contributed by atoms with Crippen LogP contribution in [0.3, 0.4) is 0 Å². The van der Waals surface area contributed by atoms with Gasteiger partial charge in [-0.2, -0.15) is 0 Å². The quantitative estimate of drug-likeness (QED) is 0.834. The third kappa shape index (κ3) is 2.67. The molecule has 0 aromatic carbocycles. The van der Waals surface area contributed by atoms with Gasteiger partial charge in [-0.05, 0) is 18.1 Å². The predicted molar refractivity (Wildman–Crippen MR) is 70.1 cm³/mol. The number of aliphatic carboxylic acids is 1. The summed E-state index contributed by atoms with van der Waals surface area (Å²) in [5.74, 6) is -1.29. The molecule has 0 bridgehead atoms. The summed E-state index contributed by atoms with van der Waals surface area (Å²) in [5.41, 5.74) is 1.18. The van der Waals surface area contributed by atoms with E-state index in [1.54, 1.807) is 25.4 Å². The first-order valence-corrected chi connectivity index (χ1v) is 6.18. The lowest BCUT2D eigenvalue weighted by Gasteiger charge is -2.18. The van der Waals surface area contributed by atoms with E-state index in [2.05, 4.69) is 10.3 Å². The van der Waals surface area contributed by atoms with Gasteiger partial charge < -0.3 is 15.3 Å². The van der Waals surface area contributed by atoms with Crippen molar-refractivity contribution in [2.75, 3.05) is 25.0 Å². The Labute approximate surface area is 111 Å². The number of anilines is 1. The second-order valence-electron chi connectivity index (χ2n) is 4.81. The Morgan fingerprint density at radius 1 is 1.47 bits per heavy atom. The topological polar surface area (TPSA) is 82.5 Å². The molecular formula is C13H17N3O3. The molecule has 1 aromatic rings. The molecule has 1 aliphatic rings. The molecule has 0 radical (unpaired) electrons. The normalized spacial score (nSPS) is 22.3. The zero-order chi connectivity index (χ0) is 14.0. The number of hydrogen-bond donors (Lipinski definition) is 2. The van der Waals surface area contributed by atoms with Crippen LogP contribution in [0.4, 0.5) is 5.69 Å². The van der Waals surface area contributed by atoms with E-state index in [1.807, 2.05) is 11.8 Å². The van der Waals surface area contributed by atoms with Crippen molar-refractivity contribution in [3.05, 3.63) is 24.0 Å². The number of amides is 1. The number of nitrogens with zero attached hydrogens (tertiary/aromatic N) is 2. The summed E-state index contributed by atoms with van der Waals surface area (Å²) in [5, 5.41) is 11.6. The predicted octanol–water partition coefficient (Wildman–Crippen LogP) is 0.598. The fourth-order valence-corrected chi connectivity index (χ4v) is 2.37. The summed E-state index contributed by atoms with van der Waals surface area (Å²) < 4.78 is 0. The highest BCUT2D eigenvalue weighted by Crippen LogP contribution is 2.28. The first kappa shape index (κ1) is 13.3. The molecule has 19 heavy (non-hydrogen) atoms. The maximum absolute atomic E-state index is 11.5. The maximum Gasteiger partial charge on any atom is 0.308 e. The largest absolute Gasteiger partial charge is 0.481 e. The Bertz CT molecular complexity index is 504. The van der Waals surface area contributed by atoms with Gasteiger partial charge in [0, 0.05) is 32.0 Å². The van der Waals surface area contributed by atoms with E-state index in [1.165, 1.54) is 0 Å². The monoisotopic (exact) mass is 263 g/mol. The molecule has 1 aromatic heterocycles. The molecule has 102 valence electrons. The first-order valence-electron chi connectivity index (χ1n) is 6.18. The van der Waals surface area contributed by atoms with Crippen molar-refractivity contribution < 1.29 is 14.7 Å². The molecule has 0 aliphatic carbocycles. The van der Waals surface area contributed by atoms with Crippen LogP contribution in [0.5, 0.6) is 0 Å². The molecule has 1 fully saturated rings. The number of hydrogen-bond acceptors (Lipinski definition) is 4. The molecule has 2 atom stereocenters. The minimum Gasteiger partial charge on any atom is -0.481 e. The SMILES string of the molecule is CNC(=O)c1cc(N2CC(C)C(C(=O)O)C2)ccn1. The second-order valence-corrected chi connectivity index (χ2v) is 4.81. The Balaban J connectivity index is 2.19. The molecule has 1 amide bonds. The average Bonchev–Trinajstić information content (AvgIpc) is 2.80. The van der Waals surface area contributed by atoms with Crippen molar-refractivity contribution in [2.24, 2.45) is 11.8 Å². The van der Waals surface area contributed by atoms with Crippen molar-refractivity contribution in [2.45, 2.75) is 6.92 Å². The number of nitrogens with one attached hydrogen (secondary N) is 1. The smallest absolute Gasteiger partial charge is 0.308 e. The molecule has 0 spiro atoms. The zero-order valence-corrected chi connectivity index (χ0v) is 11.0. The number of carbonyl (C=O) groups excluding carboxylic acids is 1. The molecule has 2 N–H and O–H groups in total. The van der Waals surface area contributed by atoms with Crippen LogP contribution in [0.1, 0.15) is 17.4 Å². The van der Waals surface area contributed by atoms with Crippen molar-refractivity contribution in [3.63, 3.8) is 0 Å². The molecule has 1 saturated heterocycles. The number of carboxylic acid groups (broad SMARTS) is 1. The van der Waals surface area contributed by atoms with Crippen molar-refractivity contribution >= 4 is 17.6 Å². The van der Waals surface area contributed by atoms with Crippen LogP contribution in [0.25, 0.3) is 0 Å². The van der Waals surface area contributed by atoms with Crippen LogP contribution in [0.15, 0.2) is 18.3 Å². The van der Waals surface area contributed by atoms with Crippen LogP contribution in [-0.4, -0.2) is 42.1 Å². The lowest BCUT2D eigenvalue weighted by molar-refractivity contribution is -0.142. The lowest BCUT2D eigenvalue weighted by atomic mass is 9.99. The van der Waals surface area contributed by atoms with Gasteiger partial charge in [-0.25, -0.2) is 0 Å². The minimum absolute atomic E-state index is 0.0918. The van der Waals surface area contributed by atoms with Crippen LogP contribution in [-0.2, 0) is 4.79 Å². The van der Waals surface area contributed by atoms with E-state index >= 15 is 0 Å². The second kappa shape index (κ2) is 5.26. The van der Waals surface area contributed by atoms with E-state index in [0.29, 0.717) is 18.8 Å². The Kier molecular flexibility index (Phi) is 3.69. The van der Waals surface area contributed by atoms with Crippen LogP contribution >= 0.6 is 0 Å². The number of rotatable bonds is 3. The summed E-state index contributed by atoms with van der Waals surface area (Å²) >= 11 is 0. The van der Waals surface area contributed by atoms with Crippen molar-refractivity contribution in [3.8, 4) is 0 Å². The zero-order valence-electron chi connectivity index (χ0n) is 11.0. The Morgan fingerprint density at radius 3 is 2.79 bits per heavy atom. The van der Waals surface area contributed by atoms with Gasteiger partial charge in [-0.15, -0.1) is 0 Å². The van der Waals surface area contributed by atoms with Gasteiger partial charge in [0.2, 0.25) is 0 Å². The fourth-order valence-electron chi connectivity index (χ4n) is 2.37. The highest BCUT2D eigenvalue weighted by atomic mass is 16.4. The molecule has 0 saturated carbocycles. The summed E-state index contributed by atoms with van der Waals surface area (Å²) in [6.45, 7) is 3.07. The third-order valence-corrected chi connectivity index (χ3v) is 3.50. The first-order chi connectivity index (χ1) is 9.02. The van der Waals surface area contributed by atoms with Gasteiger partial charge in [-0.3, -0.25) is 14.6 Å². The molecule has 2 rings (SSSR count). The summed E-state index contributed by atoms with van der Waals surface area (Å²) in [6.07, 6.45) is 1.57. The van der Waals surface area contributed by atoms with Crippen molar-refractivity contribution in [1.29, 1.82) is 0 Å². The number of aromatic nitrogens is 1. The molecule has 2 unspecified atom stereocenters. The highest BCUT2D eigenvalue weighted by Gasteiger charge is 2.34. The molecule has 1 aliphatic heterocycles. The summed E-state index contributed by atoms with van der Waals surface area (Å²) in [7, 11) is 1.55. The highest BCUT2D eigenvalue weighted by molar-refractivity contribution is 5.92. The average molecular weight is 263 g/mol. The molecular weight excluding hydrogens is 246 g/mol. The van der Waals surface area contributed by atoms with Crippen molar-refractivity contribution in [1.82, 2.24) is 10.3 Å². The van der Waals surface area contributed by atoms with Gasteiger partial charge in [0.15, 0.2) is 0 Å². The van der Waals surface area contributed by atoms with Gasteiger partial charge in [0.25, 0.3) is 5.91 Å².